The summed E-state index contributed by atoms with van der Waals surface area (Å²) >= 11 is 3.20. The molecule has 9 heteroatoms. The highest BCUT2D eigenvalue weighted by molar-refractivity contribution is 9.10. The van der Waals surface area contributed by atoms with Crippen LogP contribution in [-0.4, -0.2) is 26.9 Å². The average molecular weight is 467 g/mol. The van der Waals surface area contributed by atoms with Crippen molar-refractivity contribution < 1.29 is 18.0 Å². The van der Waals surface area contributed by atoms with E-state index in [4.69, 9.17) is 0 Å². The van der Waals surface area contributed by atoms with Crippen molar-refractivity contribution in [2.75, 3.05) is 11.9 Å². The van der Waals surface area contributed by atoms with Crippen molar-refractivity contribution in [1.29, 1.82) is 0 Å². The summed E-state index contributed by atoms with van der Waals surface area (Å²) in [6.45, 7) is 0.387. The van der Waals surface area contributed by atoms with Crippen molar-refractivity contribution in [2.45, 2.75) is 37.3 Å². The molecular weight excluding hydrogens is 449 g/mol. The minimum Gasteiger partial charge on any atom is -0.369 e. The first-order chi connectivity index (χ1) is 13.8. The van der Waals surface area contributed by atoms with Crippen molar-refractivity contribution >= 4 is 33.2 Å². The molecule has 1 aliphatic rings. The summed E-state index contributed by atoms with van der Waals surface area (Å²) in [6, 6.07) is 12.2. The number of aromatic nitrogens is 3. The lowest BCUT2D eigenvalue weighted by molar-refractivity contribution is -0.141. The van der Waals surface area contributed by atoms with Crippen LogP contribution in [0.1, 0.15) is 36.9 Å². The van der Waals surface area contributed by atoms with Gasteiger partial charge >= 0.3 is 6.18 Å². The maximum Gasteiger partial charge on any atom is 0.433 e. The summed E-state index contributed by atoms with van der Waals surface area (Å²) in [5.74, 6) is 0.429. The van der Waals surface area contributed by atoms with Crippen LogP contribution in [-0.2, 0) is 16.4 Å². The molecule has 1 N–H and O–H groups in total. The van der Waals surface area contributed by atoms with Crippen molar-refractivity contribution in [1.82, 2.24) is 14.6 Å². The predicted molar refractivity (Wildman–Crippen MR) is 106 cm³/mol. The quantitative estimate of drug-likeness (QED) is 0.587. The van der Waals surface area contributed by atoms with Crippen molar-refractivity contribution in [2.24, 2.45) is 0 Å². The molecule has 152 valence electrons. The number of anilines is 1. The Morgan fingerprint density at radius 2 is 1.83 bits per heavy atom. The Hall–Kier alpha value is -2.42. The topological polar surface area (TPSA) is 59.3 Å². The molecule has 0 unspecified atom stereocenters. The minimum absolute atomic E-state index is 0.0989. The van der Waals surface area contributed by atoms with Crippen LogP contribution in [0.25, 0.3) is 5.65 Å². The largest absolute Gasteiger partial charge is 0.433 e. The Balaban J connectivity index is 1.71. The third kappa shape index (κ3) is 4.01. The standard InChI is InChI=1S/C20H18BrF3N4O/c21-16-11-18-26-15(20(22,23)24)10-17(28(18)27-16)25-12-19(8-6-14(29)7-9-19)13-4-2-1-3-5-13/h1-5,10-11,25H,6-9,12H2. The van der Waals surface area contributed by atoms with Gasteiger partial charge in [-0.3, -0.25) is 4.79 Å². The molecule has 0 saturated heterocycles. The Morgan fingerprint density at radius 3 is 2.48 bits per heavy atom. The maximum absolute atomic E-state index is 13.3. The highest BCUT2D eigenvalue weighted by atomic mass is 79.9. The molecule has 1 aliphatic carbocycles. The molecule has 0 radical (unpaired) electrons. The molecule has 0 bridgehead atoms. The number of nitrogens with zero attached hydrogens (tertiary/aromatic N) is 3. The zero-order valence-corrected chi connectivity index (χ0v) is 16.9. The predicted octanol–water partition coefficient (Wildman–Crippen LogP) is 5.00. The molecule has 2 heterocycles. The molecule has 0 atom stereocenters. The van der Waals surface area contributed by atoms with Crippen molar-refractivity contribution in [3.8, 4) is 0 Å². The van der Waals surface area contributed by atoms with Gasteiger partial charge in [0, 0.05) is 36.9 Å². The number of rotatable bonds is 4. The maximum atomic E-state index is 13.3. The molecule has 5 nitrogen and oxygen atoms in total. The van der Waals surface area contributed by atoms with E-state index in [1.165, 1.54) is 10.6 Å². The van der Waals surface area contributed by atoms with E-state index in [-0.39, 0.29) is 22.7 Å². The number of benzene rings is 1. The van der Waals surface area contributed by atoms with Crippen LogP contribution in [0.3, 0.4) is 0 Å². The summed E-state index contributed by atoms with van der Waals surface area (Å²) in [5, 5.41) is 7.36. The number of hydrogen-bond donors (Lipinski definition) is 1. The van der Waals surface area contributed by atoms with Gasteiger partial charge in [0.25, 0.3) is 0 Å². The number of carbonyl (C=O) groups excluding carboxylic acids is 1. The van der Waals surface area contributed by atoms with Gasteiger partial charge in [0.15, 0.2) is 11.3 Å². The van der Waals surface area contributed by atoms with E-state index in [0.717, 1.165) is 11.6 Å². The molecule has 1 saturated carbocycles. The fourth-order valence-corrected chi connectivity index (χ4v) is 4.21. The number of ketones is 1. The van der Waals surface area contributed by atoms with Gasteiger partial charge in [0.2, 0.25) is 0 Å². The highest BCUT2D eigenvalue weighted by Crippen LogP contribution is 2.39. The summed E-state index contributed by atoms with van der Waals surface area (Å²) < 4.78 is 41.7. The van der Waals surface area contributed by atoms with Crippen LogP contribution >= 0.6 is 15.9 Å². The molecule has 4 rings (SSSR count). The van der Waals surface area contributed by atoms with E-state index < -0.39 is 11.9 Å². The smallest absolute Gasteiger partial charge is 0.369 e. The summed E-state index contributed by atoms with van der Waals surface area (Å²) in [6.07, 6.45) is -2.35. The van der Waals surface area contributed by atoms with Crippen LogP contribution in [0.15, 0.2) is 47.1 Å². The second-order valence-electron chi connectivity index (χ2n) is 7.30. The first-order valence-electron chi connectivity index (χ1n) is 9.21. The fourth-order valence-electron chi connectivity index (χ4n) is 3.84. The second kappa shape index (κ2) is 7.44. The monoisotopic (exact) mass is 466 g/mol. The van der Waals surface area contributed by atoms with Crippen molar-refractivity contribution in [3.05, 3.63) is 58.3 Å². The number of carbonyl (C=O) groups is 1. The van der Waals surface area contributed by atoms with Gasteiger partial charge in [-0.15, -0.1) is 0 Å². The molecule has 2 aromatic heterocycles. The van der Waals surface area contributed by atoms with Crippen LogP contribution in [0.2, 0.25) is 0 Å². The first kappa shape index (κ1) is 19.9. The number of fused-ring (bicyclic) bond motifs is 1. The number of nitrogens with one attached hydrogen (secondary N) is 1. The van der Waals surface area contributed by atoms with Gasteiger partial charge in [-0.05, 0) is 34.3 Å². The van der Waals surface area contributed by atoms with Crippen LogP contribution in [0.4, 0.5) is 19.0 Å². The fraction of sp³-hybridized carbons (Fsp3) is 0.350. The number of halogens is 4. The van der Waals surface area contributed by atoms with E-state index in [1.54, 1.807) is 0 Å². The van der Waals surface area contributed by atoms with E-state index >= 15 is 0 Å². The highest BCUT2D eigenvalue weighted by Gasteiger charge is 2.37. The minimum atomic E-state index is -4.57. The Morgan fingerprint density at radius 1 is 1.14 bits per heavy atom. The molecular formula is C20H18BrF3N4O. The summed E-state index contributed by atoms with van der Waals surface area (Å²) in [4.78, 5) is 15.5. The molecule has 0 aliphatic heterocycles. The SMILES string of the molecule is O=C1CCC(CNc2cc(C(F)(F)F)nc3cc(Br)nn23)(c2ccccc2)CC1. The Labute approximate surface area is 173 Å². The van der Waals surface area contributed by atoms with E-state index in [1.807, 2.05) is 30.3 Å². The zero-order chi connectivity index (χ0) is 20.6. The van der Waals surface area contributed by atoms with Gasteiger partial charge in [-0.1, -0.05) is 30.3 Å². The molecule has 1 aromatic carbocycles. The second-order valence-corrected chi connectivity index (χ2v) is 8.11. The molecule has 0 spiro atoms. The van der Waals surface area contributed by atoms with Gasteiger partial charge in [-0.25, -0.2) is 4.98 Å². The van der Waals surface area contributed by atoms with Gasteiger partial charge < -0.3 is 5.32 Å². The molecule has 29 heavy (non-hydrogen) atoms. The lowest BCUT2D eigenvalue weighted by Crippen LogP contribution is -2.39. The third-order valence-corrected chi connectivity index (χ3v) is 5.83. The number of Topliss-reactive ketones (excluding diaryl/α,β-unsaturated/α-hetero) is 1. The zero-order valence-electron chi connectivity index (χ0n) is 15.3. The first-order valence-corrected chi connectivity index (χ1v) is 10.0. The van der Waals surface area contributed by atoms with E-state index in [2.05, 4.69) is 31.3 Å². The van der Waals surface area contributed by atoms with E-state index in [9.17, 15) is 18.0 Å². The third-order valence-electron chi connectivity index (χ3n) is 5.45. The molecule has 0 amide bonds. The number of alkyl halides is 3. The van der Waals surface area contributed by atoms with Gasteiger partial charge in [-0.2, -0.15) is 22.8 Å². The number of hydrogen-bond acceptors (Lipinski definition) is 4. The van der Waals surface area contributed by atoms with Crippen molar-refractivity contribution in [3.63, 3.8) is 0 Å². The molecule has 3 aromatic rings. The summed E-state index contributed by atoms with van der Waals surface area (Å²) in [5.41, 5.74) is -0.148. The van der Waals surface area contributed by atoms with Gasteiger partial charge in [0.1, 0.15) is 16.2 Å². The van der Waals surface area contributed by atoms with Crippen LogP contribution in [0, 0.1) is 0 Å². The summed E-state index contributed by atoms with van der Waals surface area (Å²) in [7, 11) is 0. The normalized spacial score (nSPS) is 16.9. The Kier molecular flexibility index (Phi) is 5.10. The lowest BCUT2D eigenvalue weighted by atomic mass is 9.69. The molecule has 1 fully saturated rings. The average Bonchev–Trinajstić information content (AvgIpc) is 3.08. The Bertz CT molecular complexity index is 1040. The lowest BCUT2D eigenvalue weighted by Gasteiger charge is -2.38. The van der Waals surface area contributed by atoms with Gasteiger partial charge in [0.05, 0.1) is 0 Å². The van der Waals surface area contributed by atoms with Crippen LogP contribution < -0.4 is 5.32 Å². The van der Waals surface area contributed by atoms with Crippen LogP contribution in [0.5, 0.6) is 0 Å². The van der Waals surface area contributed by atoms with E-state index in [0.29, 0.717) is 36.8 Å².